The van der Waals surface area contributed by atoms with Crippen LogP contribution in [-0.4, -0.2) is 41.6 Å². The Morgan fingerprint density at radius 3 is 2.47 bits per heavy atom. The molecular formula is C27H34N4O3. The molecule has 1 saturated carbocycles. The monoisotopic (exact) mass is 462 g/mol. The molecule has 7 heteroatoms. The summed E-state index contributed by atoms with van der Waals surface area (Å²) in [6.07, 6.45) is 7.99. The van der Waals surface area contributed by atoms with Gasteiger partial charge < -0.3 is 24.7 Å². The summed E-state index contributed by atoms with van der Waals surface area (Å²) < 4.78 is 13.9. The van der Waals surface area contributed by atoms with E-state index in [1.165, 1.54) is 32.1 Å². The van der Waals surface area contributed by atoms with E-state index in [0.717, 1.165) is 60.6 Å². The summed E-state index contributed by atoms with van der Waals surface area (Å²) in [5.74, 6) is 0.174. The predicted molar refractivity (Wildman–Crippen MR) is 135 cm³/mol. The fourth-order valence-electron chi connectivity index (χ4n) is 5.91. The Bertz CT molecular complexity index is 1180. The van der Waals surface area contributed by atoms with Gasteiger partial charge in [0.25, 0.3) is 0 Å². The standard InChI is InChI=1S/C27H34N4O3/c32-26-29-23-17-22(28-21-9-5-2-6-10-21)24(30-13-11-27(12-14-30)33-15-16-34-27)18-25(23)31(26)19-20-7-3-1-4-8-20/h2,5-6,9-10,17-18,20,28H,1,3-4,7-8,11-16,19H2,(H,29,32). The number of rotatable bonds is 5. The molecule has 1 spiro atoms. The van der Waals surface area contributed by atoms with Crippen molar-refractivity contribution in [1.82, 2.24) is 9.55 Å². The van der Waals surface area contributed by atoms with Gasteiger partial charge in [-0.1, -0.05) is 37.5 Å². The van der Waals surface area contributed by atoms with Crippen molar-refractivity contribution >= 4 is 28.1 Å². The number of para-hydroxylation sites is 1. The Balaban J connectivity index is 1.36. The maximum atomic E-state index is 13.0. The maximum Gasteiger partial charge on any atom is 0.326 e. The first-order valence-corrected chi connectivity index (χ1v) is 12.8. The third-order valence-corrected chi connectivity index (χ3v) is 7.79. The van der Waals surface area contributed by atoms with Crippen LogP contribution in [0.5, 0.6) is 0 Å². The summed E-state index contributed by atoms with van der Waals surface area (Å²) in [6, 6.07) is 14.5. The average Bonchev–Trinajstić information content (AvgIpc) is 3.44. The molecule has 2 aliphatic heterocycles. The van der Waals surface area contributed by atoms with Crippen molar-refractivity contribution in [3.05, 3.63) is 52.9 Å². The van der Waals surface area contributed by atoms with Crippen molar-refractivity contribution in [2.75, 3.05) is 36.5 Å². The van der Waals surface area contributed by atoms with E-state index < -0.39 is 5.79 Å². The zero-order valence-electron chi connectivity index (χ0n) is 19.7. The fourth-order valence-corrected chi connectivity index (χ4v) is 5.91. The van der Waals surface area contributed by atoms with Crippen molar-refractivity contribution in [2.24, 2.45) is 5.92 Å². The predicted octanol–water partition coefficient (Wildman–Crippen LogP) is 5.00. The van der Waals surface area contributed by atoms with Crippen molar-refractivity contribution in [2.45, 2.75) is 57.3 Å². The lowest BCUT2D eigenvalue weighted by atomic mass is 9.89. The summed E-state index contributed by atoms with van der Waals surface area (Å²) in [7, 11) is 0. The number of benzene rings is 2. The minimum Gasteiger partial charge on any atom is -0.369 e. The van der Waals surface area contributed by atoms with Gasteiger partial charge in [-0.25, -0.2) is 4.79 Å². The van der Waals surface area contributed by atoms with Crippen molar-refractivity contribution in [1.29, 1.82) is 0 Å². The normalized spacial score (nSPS) is 20.9. The summed E-state index contributed by atoms with van der Waals surface area (Å²) in [6.45, 7) is 3.88. The van der Waals surface area contributed by atoms with Crippen LogP contribution in [0.3, 0.4) is 0 Å². The first-order valence-electron chi connectivity index (χ1n) is 12.8. The lowest BCUT2D eigenvalue weighted by molar-refractivity contribution is -0.169. The van der Waals surface area contributed by atoms with Gasteiger partial charge in [0.2, 0.25) is 0 Å². The molecule has 34 heavy (non-hydrogen) atoms. The highest BCUT2D eigenvalue weighted by molar-refractivity contribution is 5.90. The van der Waals surface area contributed by atoms with Crippen molar-refractivity contribution in [3.63, 3.8) is 0 Å². The minimum absolute atomic E-state index is 0.00580. The quantitative estimate of drug-likeness (QED) is 0.559. The molecule has 2 saturated heterocycles. The third kappa shape index (κ3) is 4.23. The van der Waals surface area contributed by atoms with E-state index in [1.54, 1.807) is 0 Å². The van der Waals surface area contributed by atoms with Crippen molar-refractivity contribution < 1.29 is 9.47 Å². The number of nitrogens with zero attached hydrogens (tertiary/aromatic N) is 2. The summed E-state index contributed by atoms with van der Waals surface area (Å²) in [5.41, 5.74) is 5.04. The van der Waals surface area contributed by atoms with Gasteiger partial charge in [0.15, 0.2) is 5.79 Å². The molecule has 2 N–H and O–H groups in total. The molecule has 0 unspecified atom stereocenters. The molecule has 3 aromatic rings. The molecule has 1 aromatic heterocycles. The molecule has 6 rings (SSSR count). The number of fused-ring (bicyclic) bond motifs is 1. The van der Waals surface area contributed by atoms with Gasteiger partial charge in [-0.2, -0.15) is 0 Å². The number of piperidine rings is 1. The van der Waals surface area contributed by atoms with Gasteiger partial charge in [-0.3, -0.25) is 4.57 Å². The molecule has 3 fully saturated rings. The minimum atomic E-state index is -0.412. The first kappa shape index (κ1) is 21.7. The van der Waals surface area contributed by atoms with E-state index in [0.29, 0.717) is 19.1 Å². The first-order chi connectivity index (χ1) is 16.7. The Morgan fingerprint density at radius 2 is 1.74 bits per heavy atom. The van der Waals surface area contributed by atoms with Gasteiger partial charge in [0, 0.05) is 38.2 Å². The summed E-state index contributed by atoms with van der Waals surface area (Å²) >= 11 is 0. The van der Waals surface area contributed by atoms with Crippen LogP contribution >= 0.6 is 0 Å². The van der Waals surface area contributed by atoms with Gasteiger partial charge in [-0.15, -0.1) is 0 Å². The molecule has 0 radical (unpaired) electrons. The van der Waals surface area contributed by atoms with E-state index in [-0.39, 0.29) is 5.69 Å². The SMILES string of the molecule is O=c1[nH]c2cc(Nc3ccccc3)c(N3CCC4(CC3)OCCO4)cc2n1CC1CCCCC1. The van der Waals surface area contributed by atoms with Gasteiger partial charge in [-0.05, 0) is 43.0 Å². The van der Waals surface area contributed by atoms with E-state index in [9.17, 15) is 4.79 Å². The Morgan fingerprint density at radius 1 is 1.00 bits per heavy atom. The van der Waals surface area contributed by atoms with Crippen LogP contribution in [0, 0.1) is 5.92 Å². The van der Waals surface area contributed by atoms with Gasteiger partial charge in [0.05, 0.1) is 35.6 Å². The molecule has 0 atom stereocenters. The van der Waals surface area contributed by atoms with Crippen LogP contribution in [0.2, 0.25) is 0 Å². The van der Waals surface area contributed by atoms with Crippen LogP contribution in [-0.2, 0) is 16.0 Å². The average molecular weight is 463 g/mol. The number of H-pyrrole nitrogens is 1. The van der Waals surface area contributed by atoms with E-state index in [4.69, 9.17) is 9.47 Å². The molecule has 0 amide bonds. The second kappa shape index (κ2) is 9.12. The van der Waals surface area contributed by atoms with Crippen molar-refractivity contribution in [3.8, 4) is 0 Å². The molecule has 3 heterocycles. The number of hydrogen-bond acceptors (Lipinski definition) is 5. The van der Waals surface area contributed by atoms with Crippen LogP contribution in [0.25, 0.3) is 11.0 Å². The fraction of sp³-hybridized carbons (Fsp3) is 0.519. The Kier molecular flexibility index (Phi) is 5.83. The molecule has 7 nitrogen and oxygen atoms in total. The van der Waals surface area contributed by atoms with Gasteiger partial charge >= 0.3 is 5.69 Å². The number of nitrogens with one attached hydrogen (secondary N) is 2. The number of hydrogen-bond donors (Lipinski definition) is 2. The van der Waals surface area contributed by atoms with Crippen LogP contribution in [0.15, 0.2) is 47.3 Å². The highest BCUT2D eigenvalue weighted by Gasteiger charge is 2.40. The summed E-state index contributed by atoms with van der Waals surface area (Å²) in [5, 5.41) is 3.60. The largest absolute Gasteiger partial charge is 0.369 e. The Hall–Kier alpha value is -2.77. The number of aromatic nitrogens is 2. The molecule has 1 aliphatic carbocycles. The second-order valence-corrected chi connectivity index (χ2v) is 10.0. The zero-order chi connectivity index (χ0) is 23.0. The zero-order valence-corrected chi connectivity index (χ0v) is 19.7. The number of ether oxygens (including phenoxy) is 2. The smallest absolute Gasteiger partial charge is 0.326 e. The molecule has 2 aromatic carbocycles. The molecule has 0 bridgehead atoms. The number of aromatic amines is 1. The highest BCUT2D eigenvalue weighted by Crippen LogP contribution is 2.38. The number of anilines is 3. The van der Waals surface area contributed by atoms with E-state index in [1.807, 2.05) is 22.8 Å². The lowest BCUT2D eigenvalue weighted by Crippen LogP contribution is -2.45. The molecular weight excluding hydrogens is 428 g/mol. The second-order valence-electron chi connectivity index (χ2n) is 10.0. The Labute approximate surface area is 200 Å². The third-order valence-electron chi connectivity index (χ3n) is 7.79. The van der Waals surface area contributed by atoms with Crippen LogP contribution in [0.1, 0.15) is 44.9 Å². The topological polar surface area (TPSA) is 71.5 Å². The lowest BCUT2D eigenvalue weighted by Gasteiger charge is -2.39. The maximum absolute atomic E-state index is 13.0. The summed E-state index contributed by atoms with van der Waals surface area (Å²) in [4.78, 5) is 18.5. The van der Waals surface area contributed by atoms with E-state index in [2.05, 4.69) is 39.5 Å². The molecule has 180 valence electrons. The highest BCUT2D eigenvalue weighted by atomic mass is 16.7. The van der Waals surface area contributed by atoms with Crippen LogP contribution < -0.4 is 15.9 Å². The molecule has 3 aliphatic rings. The van der Waals surface area contributed by atoms with Crippen LogP contribution in [0.4, 0.5) is 17.1 Å². The van der Waals surface area contributed by atoms with E-state index >= 15 is 0 Å². The number of imidazole rings is 1. The van der Waals surface area contributed by atoms with Gasteiger partial charge in [0.1, 0.15) is 0 Å².